The van der Waals surface area contributed by atoms with Crippen molar-refractivity contribution in [3.05, 3.63) is 0 Å². The number of hydrogen-bond donors (Lipinski definition) is 15. The number of amides is 9. The molecule has 0 bridgehead atoms. The lowest BCUT2D eigenvalue weighted by atomic mass is 10.0. The van der Waals surface area contributed by atoms with Crippen LogP contribution in [0.5, 0.6) is 0 Å². The van der Waals surface area contributed by atoms with Crippen LogP contribution in [0.3, 0.4) is 0 Å². The van der Waals surface area contributed by atoms with Crippen LogP contribution in [-0.2, 0) is 47.9 Å². The summed E-state index contributed by atoms with van der Waals surface area (Å²) in [4.78, 5) is 132. The summed E-state index contributed by atoms with van der Waals surface area (Å²) in [5.74, 6) is -9.16. The highest BCUT2D eigenvalue weighted by atomic mass is 16.4. The summed E-state index contributed by atoms with van der Waals surface area (Å²) < 4.78 is 0. The molecule has 1 aliphatic heterocycles. The maximum atomic E-state index is 14.1. The highest BCUT2D eigenvalue weighted by Crippen LogP contribution is 2.21. The van der Waals surface area contributed by atoms with E-state index in [1.807, 2.05) is 0 Å². The molecule has 1 rings (SSSR count). The number of nitrogens with zero attached hydrogens (tertiary/aromatic N) is 1. The number of carbonyl (C=O) groups excluding carboxylic acids is 9. The van der Waals surface area contributed by atoms with Gasteiger partial charge in [-0.1, -0.05) is 13.8 Å². The summed E-state index contributed by atoms with van der Waals surface area (Å²) in [5.41, 5.74) is 27.6. The number of carboxylic acid groups (broad SMARTS) is 1. The van der Waals surface area contributed by atoms with Gasteiger partial charge in [0.2, 0.25) is 53.2 Å². The van der Waals surface area contributed by atoms with Crippen molar-refractivity contribution in [2.24, 2.45) is 34.6 Å². The molecule has 380 valence electrons. The van der Waals surface area contributed by atoms with Gasteiger partial charge in [0.25, 0.3) is 0 Å². The van der Waals surface area contributed by atoms with Crippen molar-refractivity contribution in [3.8, 4) is 0 Å². The molecule has 0 radical (unpaired) electrons. The topological polar surface area (TPSA) is 444 Å². The van der Waals surface area contributed by atoms with E-state index in [4.69, 9.17) is 34.1 Å². The number of hydrogen-bond acceptors (Lipinski definition) is 14. The van der Waals surface area contributed by atoms with E-state index in [-0.39, 0.29) is 57.7 Å². The molecule has 0 saturated carbocycles. The summed E-state index contributed by atoms with van der Waals surface area (Å²) in [6.07, 6.45) is 2.55. The first-order valence-electron chi connectivity index (χ1n) is 22.6. The second-order valence-electron chi connectivity index (χ2n) is 17.0. The van der Waals surface area contributed by atoms with Crippen LogP contribution < -0.4 is 71.2 Å². The Balaban J connectivity index is 3.27. The molecule has 26 heteroatoms. The maximum absolute atomic E-state index is 14.1. The van der Waals surface area contributed by atoms with E-state index in [1.54, 1.807) is 13.8 Å². The molecular formula is C41H75N15O11. The van der Waals surface area contributed by atoms with E-state index >= 15 is 0 Å². The van der Waals surface area contributed by atoms with Crippen LogP contribution in [0.4, 0.5) is 0 Å². The lowest BCUT2D eigenvalue weighted by molar-refractivity contribution is -0.143. The zero-order valence-corrected chi connectivity index (χ0v) is 39.2. The Bertz CT molecular complexity index is 1730. The maximum Gasteiger partial charge on any atom is 0.326 e. The number of carboxylic acids is 1. The third-order valence-corrected chi connectivity index (χ3v) is 10.8. The number of nitrogens with one attached hydrogen (secondary N) is 9. The number of likely N-dealkylation sites (tertiary alicyclic amines) is 1. The number of guanidine groups is 1. The number of primary amides is 1. The Morgan fingerprint density at radius 1 is 0.627 bits per heavy atom. The fourth-order valence-electron chi connectivity index (χ4n) is 6.92. The Labute approximate surface area is 390 Å². The molecule has 20 N–H and O–H groups in total. The summed E-state index contributed by atoms with van der Waals surface area (Å²) in [5, 5.41) is 37.1. The van der Waals surface area contributed by atoms with Gasteiger partial charge in [0.05, 0.1) is 12.5 Å². The van der Waals surface area contributed by atoms with Crippen molar-refractivity contribution >= 4 is 65.1 Å². The molecule has 67 heavy (non-hydrogen) atoms. The van der Waals surface area contributed by atoms with Gasteiger partial charge in [-0.3, -0.25) is 48.6 Å². The van der Waals surface area contributed by atoms with E-state index in [0.29, 0.717) is 38.6 Å². The fourth-order valence-corrected chi connectivity index (χ4v) is 6.92. The molecule has 26 nitrogen and oxygen atoms in total. The molecule has 1 fully saturated rings. The molecule has 9 amide bonds. The zero-order chi connectivity index (χ0) is 51.0. The Hall–Kier alpha value is -6.15. The molecule has 9 atom stereocenters. The van der Waals surface area contributed by atoms with Gasteiger partial charge < -0.3 is 81.2 Å². The van der Waals surface area contributed by atoms with Gasteiger partial charge in [-0.25, -0.2) is 4.79 Å². The number of aliphatic carboxylic acids is 1. The summed E-state index contributed by atoms with van der Waals surface area (Å²) in [6.45, 7) is 8.30. The van der Waals surface area contributed by atoms with Gasteiger partial charge in [0.15, 0.2) is 5.96 Å². The number of unbranched alkanes of at least 4 members (excludes halogenated alkanes) is 2. The molecular weight excluding hydrogens is 879 g/mol. The minimum absolute atomic E-state index is 0.00654. The molecule has 1 heterocycles. The molecule has 0 unspecified atom stereocenters. The smallest absolute Gasteiger partial charge is 0.326 e. The van der Waals surface area contributed by atoms with Gasteiger partial charge in [-0.2, -0.15) is 0 Å². The van der Waals surface area contributed by atoms with Crippen molar-refractivity contribution < 1.29 is 53.1 Å². The van der Waals surface area contributed by atoms with Crippen LogP contribution in [0.15, 0.2) is 0 Å². The number of carbonyl (C=O) groups is 10. The predicted octanol–water partition coefficient (Wildman–Crippen LogP) is -5.10. The zero-order valence-electron chi connectivity index (χ0n) is 39.2. The molecule has 1 aliphatic rings. The van der Waals surface area contributed by atoms with Crippen molar-refractivity contribution in [2.75, 3.05) is 26.2 Å². The Morgan fingerprint density at radius 2 is 1.12 bits per heavy atom. The van der Waals surface area contributed by atoms with Crippen molar-refractivity contribution in [3.63, 3.8) is 0 Å². The number of nitrogens with two attached hydrogens (primary N) is 5. The van der Waals surface area contributed by atoms with Crippen LogP contribution in [-0.4, -0.2) is 156 Å². The molecule has 0 aromatic carbocycles. The van der Waals surface area contributed by atoms with Crippen LogP contribution in [0, 0.1) is 11.3 Å². The normalized spacial score (nSPS) is 16.9. The first-order chi connectivity index (χ1) is 31.4. The predicted molar refractivity (Wildman–Crippen MR) is 244 cm³/mol. The van der Waals surface area contributed by atoms with E-state index in [2.05, 4.69) is 42.5 Å². The fraction of sp³-hybridized carbons (Fsp3) is 0.732. The molecule has 0 spiro atoms. The van der Waals surface area contributed by atoms with Gasteiger partial charge in [0, 0.05) is 13.1 Å². The highest BCUT2D eigenvalue weighted by molar-refractivity contribution is 5.98. The van der Waals surface area contributed by atoms with Crippen molar-refractivity contribution in [1.82, 2.24) is 47.4 Å². The van der Waals surface area contributed by atoms with Crippen LogP contribution in [0.2, 0.25) is 0 Å². The molecule has 1 saturated heterocycles. The second kappa shape index (κ2) is 30.2. The summed E-state index contributed by atoms with van der Waals surface area (Å²) in [7, 11) is 0. The lowest BCUT2D eigenvalue weighted by Gasteiger charge is -2.31. The average molecular weight is 954 g/mol. The van der Waals surface area contributed by atoms with Gasteiger partial charge in [0.1, 0.15) is 48.3 Å². The van der Waals surface area contributed by atoms with E-state index < -0.39 is 126 Å². The second-order valence-corrected chi connectivity index (χ2v) is 17.0. The van der Waals surface area contributed by atoms with Gasteiger partial charge in [-0.05, 0) is 104 Å². The van der Waals surface area contributed by atoms with Gasteiger partial charge in [-0.15, -0.1) is 0 Å². The van der Waals surface area contributed by atoms with E-state index in [0.717, 1.165) is 0 Å². The minimum atomic E-state index is -1.64. The van der Waals surface area contributed by atoms with Gasteiger partial charge >= 0.3 is 5.97 Å². The van der Waals surface area contributed by atoms with Crippen LogP contribution in [0.1, 0.15) is 105 Å². The van der Waals surface area contributed by atoms with Crippen molar-refractivity contribution in [2.45, 2.75) is 160 Å². The molecule has 0 aliphatic carbocycles. The Morgan fingerprint density at radius 3 is 1.64 bits per heavy atom. The first kappa shape index (κ1) is 58.9. The third-order valence-electron chi connectivity index (χ3n) is 10.8. The minimum Gasteiger partial charge on any atom is -0.480 e. The lowest BCUT2D eigenvalue weighted by Crippen LogP contribution is -2.60. The monoisotopic (exact) mass is 954 g/mol. The summed E-state index contributed by atoms with van der Waals surface area (Å²) in [6, 6.07) is -10.8. The van der Waals surface area contributed by atoms with Crippen LogP contribution >= 0.6 is 0 Å². The first-order valence-corrected chi connectivity index (χ1v) is 22.6. The SMILES string of the molecule is CC(C)[C@H](NC(=O)[C@H](CCCCN)NC(=O)[C@H](CCCNC(=N)N)NC(=O)[C@@H]1CCCN1C(=O)[C@H](CCCCN)NC(=O)[C@H](C)N)C(=O)N[C@@H](C)C(=O)N[C@@H](C)C(=O)N[C@@H](CC(N)=O)C(=O)O. The average Bonchev–Trinajstić information content (AvgIpc) is 3.75. The summed E-state index contributed by atoms with van der Waals surface area (Å²) >= 11 is 0. The third kappa shape index (κ3) is 21.4. The largest absolute Gasteiger partial charge is 0.480 e. The Kier molecular flexibility index (Phi) is 26.5. The standard InChI is InChI=1S/C41H75N15O11/c1-21(2)31(38(64)50-23(4)33(59)49-24(5)34(60)54-28(40(66)67)20-30(45)57)55-36(62)25(12-6-8-16-42)51-35(61)26(14-10-18-48-41(46)47)52-37(63)29-15-11-19-56(29)39(65)27(13-7-9-17-43)53-32(58)22(3)44/h21-29,31H,6-20,42-44H2,1-5H3,(H2,45,57)(H,49,59)(H,50,64)(H,51,61)(H,52,63)(H,53,58)(H,54,60)(H,55,62)(H,66,67)(H4,46,47,48)/t22-,23-,24-,25-,26-,27-,28-,29-,31-/m0/s1. The van der Waals surface area contributed by atoms with E-state index in [9.17, 15) is 53.1 Å². The van der Waals surface area contributed by atoms with Crippen molar-refractivity contribution in [1.29, 1.82) is 5.41 Å². The quantitative estimate of drug-likeness (QED) is 0.0176. The van der Waals surface area contributed by atoms with E-state index in [1.165, 1.54) is 25.7 Å². The highest BCUT2D eigenvalue weighted by Gasteiger charge is 2.40. The molecule has 0 aromatic rings. The number of rotatable bonds is 31. The molecule has 0 aromatic heterocycles. The van der Waals surface area contributed by atoms with Crippen LogP contribution in [0.25, 0.3) is 0 Å².